The molecular formula is C17H19BO2P2. The Labute approximate surface area is 137 Å². The van der Waals surface area contributed by atoms with Crippen molar-refractivity contribution in [2.75, 3.05) is 13.2 Å². The summed E-state index contributed by atoms with van der Waals surface area (Å²) in [6.45, 7) is 3.20. The van der Waals surface area contributed by atoms with Crippen molar-refractivity contribution in [2.24, 2.45) is 0 Å². The van der Waals surface area contributed by atoms with Crippen LogP contribution in [0.15, 0.2) is 36.4 Å². The maximum absolute atomic E-state index is 5.76. The van der Waals surface area contributed by atoms with Gasteiger partial charge in [-0.05, 0) is 52.2 Å². The second-order valence-corrected chi connectivity index (χ2v) is 6.90. The monoisotopic (exact) mass is 328 g/mol. The summed E-state index contributed by atoms with van der Waals surface area (Å²) in [5, 5.41) is 2.44. The zero-order valence-corrected chi connectivity index (χ0v) is 14.9. The second kappa shape index (κ2) is 6.81. The van der Waals surface area contributed by atoms with Crippen molar-refractivity contribution in [2.45, 2.75) is 19.0 Å². The summed E-state index contributed by atoms with van der Waals surface area (Å²) >= 11 is 0. The molecular weight excluding hydrogens is 309 g/mol. The van der Waals surface area contributed by atoms with E-state index in [4.69, 9.17) is 17.3 Å². The molecule has 0 amide bonds. The van der Waals surface area contributed by atoms with Gasteiger partial charge in [0.1, 0.15) is 0 Å². The summed E-state index contributed by atoms with van der Waals surface area (Å²) < 4.78 is 11.2. The maximum atomic E-state index is 5.76. The smallest absolute Gasteiger partial charge is 0.183 e. The molecule has 0 bridgehead atoms. The van der Waals surface area contributed by atoms with E-state index in [1.54, 1.807) is 0 Å². The van der Waals surface area contributed by atoms with E-state index in [-0.39, 0.29) is 12.1 Å². The van der Waals surface area contributed by atoms with Crippen LogP contribution < -0.4 is 10.6 Å². The van der Waals surface area contributed by atoms with E-state index in [0.29, 0.717) is 13.2 Å². The molecule has 0 N–H and O–H groups in total. The van der Waals surface area contributed by atoms with Crippen LogP contribution in [0.1, 0.15) is 17.4 Å². The average molecular weight is 328 g/mol. The molecule has 2 radical (unpaired) electrons. The van der Waals surface area contributed by atoms with Gasteiger partial charge < -0.3 is 9.47 Å². The van der Waals surface area contributed by atoms with Gasteiger partial charge in [-0.2, -0.15) is 0 Å². The predicted molar refractivity (Wildman–Crippen MR) is 99.5 cm³/mol. The maximum Gasteiger partial charge on any atom is 0.183 e. The third-order valence-corrected chi connectivity index (χ3v) is 5.13. The molecule has 0 aliphatic carbocycles. The van der Waals surface area contributed by atoms with E-state index in [1.165, 1.54) is 27.3 Å². The first-order chi connectivity index (χ1) is 10.5. The highest BCUT2D eigenvalue weighted by atomic mass is 31.0. The first-order valence-corrected chi connectivity index (χ1v) is 8.45. The molecule has 1 aliphatic rings. The Bertz CT molecular complexity index is 642. The Hall–Kier alpha value is -0.715. The summed E-state index contributed by atoms with van der Waals surface area (Å²) in [4.78, 5) is 0. The van der Waals surface area contributed by atoms with Crippen LogP contribution in [0, 0.1) is 6.92 Å². The molecule has 1 fully saturated rings. The van der Waals surface area contributed by atoms with Crippen molar-refractivity contribution < 1.29 is 9.47 Å². The Balaban J connectivity index is 1.82. The molecule has 22 heavy (non-hydrogen) atoms. The summed E-state index contributed by atoms with van der Waals surface area (Å²) in [6, 6.07) is 12.7. The standard InChI is InChI=1S/C17H19BO2P2/c1-10-15(21)6-13(7-16(10)22)11-2-4-12(5-3-11)17-19-8-14(18)9-20-17/h2-7,14,17H,8-9,21-22H2,1H3. The van der Waals surface area contributed by atoms with Gasteiger partial charge >= 0.3 is 0 Å². The first kappa shape index (κ1) is 16.2. The zero-order chi connectivity index (χ0) is 15.7. The lowest BCUT2D eigenvalue weighted by molar-refractivity contribution is -0.182. The van der Waals surface area contributed by atoms with Gasteiger partial charge in [-0.3, -0.25) is 0 Å². The van der Waals surface area contributed by atoms with Crippen LogP contribution >= 0.6 is 18.5 Å². The molecule has 1 saturated heterocycles. The van der Waals surface area contributed by atoms with E-state index >= 15 is 0 Å². The van der Waals surface area contributed by atoms with Crippen LogP contribution in [0.3, 0.4) is 0 Å². The Morgan fingerprint density at radius 1 is 0.955 bits per heavy atom. The van der Waals surface area contributed by atoms with E-state index in [2.05, 4.69) is 61.8 Å². The Kier molecular flexibility index (Phi) is 5.00. The molecule has 0 saturated carbocycles. The van der Waals surface area contributed by atoms with Gasteiger partial charge in [0.05, 0.1) is 7.85 Å². The molecule has 1 aliphatic heterocycles. The van der Waals surface area contributed by atoms with Crippen molar-refractivity contribution >= 4 is 36.9 Å². The van der Waals surface area contributed by atoms with E-state index in [1.807, 2.05) is 0 Å². The molecule has 1 heterocycles. The van der Waals surface area contributed by atoms with Gasteiger partial charge in [0.15, 0.2) is 6.29 Å². The molecule has 0 aromatic heterocycles. The van der Waals surface area contributed by atoms with Crippen LogP contribution in [0.2, 0.25) is 5.82 Å². The molecule has 5 heteroatoms. The van der Waals surface area contributed by atoms with Crippen molar-refractivity contribution in [3.8, 4) is 11.1 Å². The number of benzene rings is 2. The fourth-order valence-electron chi connectivity index (χ4n) is 2.47. The average Bonchev–Trinajstić information content (AvgIpc) is 2.53. The molecule has 2 atom stereocenters. The van der Waals surface area contributed by atoms with Crippen molar-refractivity contribution in [1.82, 2.24) is 0 Å². The predicted octanol–water partition coefficient (Wildman–Crippen LogP) is 2.67. The summed E-state index contributed by atoms with van der Waals surface area (Å²) in [6.07, 6.45) is -0.304. The molecule has 2 unspecified atom stereocenters. The topological polar surface area (TPSA) is 18.5 Å². The quantitative estimate of drug-likeness (QED) is 0.623. The molecule has 0 spiro atoms. The highest BCUT2D eigenvalue weighted by molar-refractivity contribution is 7.29. The van der Waals surface area contributed by atoms with Gasteiger partial charge in [0, 0.05) is 18.8 Å². The minimum absolute atomic E-state index is 0.0240. The zero-order valence-electron chi connectivity index (χ0n) is 12.6. The van der Waals surface area contributed by atoms with E-state index < -0.39 is 0 Å². The lowest BCUT2D eigenvalue weighted by atomic mass is 9.89. The van der Waals surface area contributed by atoms with Gasteiger partial charge in [-0.25, -0.2) is 0 Å². The fourth-order valence-corrected chi connectivity index (χ4v) is 3.33. The molecule has 2 aromatic rings. The van der Waals surface area contributed by atoms with Gasteiger partial charge in [-0.15, -0.1) is 18.5 Å². The number of hydrogen-bond acceptors (Lipinski definition) is 2. The lowest BCUT2D eigenvalue weighted by Crippen LogP contribution is -2.23. The van der Waals surface area contributed by atoms with Crippen LogP contribution in [0.25, 0.3) is 11.1 Å². The first-order valence-electron chi connectivity index (χ1n) is 7.29. The van der Waals surface area contributed by atoms with Crippen LogP contribution in [-0.2, 0) is 9.47 Å². The van der Waals surface area contributed by atoms with Crippen LogP contribution in [0.4, 0.5) is 0 Å². The van der Waals surface area contributed by atoms with Gasteiger partial charge in [-0.1, -0.05) is 24.3 Å². The minimum atomic E-state index is -0.304. The van der Waals surface area contributed by atoms with Gasteiger partial charge in [0.25, 0.3) is 0 Å². The third-order valence-electron chi connectivity index (χ3n) is 3.93. The Morgan fingerprint density at radius 2 is 1.50 bits per heavy atom. The number of hydrogen-bond donors (Lipinski definition) is 0. The van der Waals surface area contributed by atoms with Crippen molar-refractivity contribution in [1.29, 1.82) is 0 Å². The minimum Gasteiger partial charge on any atom is -0.349 e. The molecule has 112 valence electrons. The van der Waals surface area contributed by atoms with E-state index in [9.17, 15) is 0 Å². The van der Waals surface area contributed by atoms with Crippen LogP contribution in [-0.4, -0.2) is 21.1 Å². The highest BCUT2D eigenvalue weighted by Crippen LogP contribution is 2.28. The molecule has 2 aromatic carbocycles. The molecule has 3 rings (SSSR count). The van der Waals surface area contributed by atoms with Crippen molar-refractivity contribution in [3.05, 3.63) is 47.5 Å². The van der Waals surface area contributed by atoms with Crippen molar-refractivity contribution in [3.63, 3.8) is 0 Å². The largest absolute Gasteiger partial charge is 0.349 e. The van der Waals surface area contributed by atoms with E-state index in [0.717, 1.165) is 5.56 Å². The second-order valence-electron chi connectivity index (χ2n) is 5.66. The SMILES string of the molecule is [B]C1COC(c2ccc(-c3cc(P)c(C)c(P)c3)cc2)OC1. The fraction of sp³-hybridized carbons (Fsp3) is 0.294. The number of ether oxygens (including phenoxy) is 2. The lowest BCUT2D eigenvalue weighted by Gasteiger charge is -2.28. The summed E-state index contributed by atoms with van der Waals surface area (Å²) in [7, 11) is 11.4. The number of rotatable bonds is 2. The highest BCUT2D eigenvalue weighted by Gasteiger charge is 2.20. The summed E-state index contributed by atoms with van der Waals surface area (Å²) in [5.41, 5.74) is 4.71. The third kappa shape index (κ3) is 3.44. The normalized spacial score (nSPS) is 21.8. The van der Waals surface area contributed by atoms with Crippen LogP contribution in [0.5, 0.6) is 0 Å². The molecule has 2 nitrogen and oxygen atoms in total. The Morgan fingerprint density at radius 3 is 2.05 bits per heavy atom. The van der Waals surface area contributed by atoms with Gasteiger partial charge in [0.2, 0.25) is 0 Å². The summed E-state index contributed by atoms with van der Waals surface area (Å²) in [5.74, 6) is -0.0240.